The van der Waals surface area contributed by atoms with E-state index in [1.807, 2.05) is 0 Å². The fourth-order valence-electron chi connectivity index (χ4n) is 3.14. The fraction of sp³-hybridized carbons (Fsp3) is 0.435. The molecule has 0 aliphatic carbocycles. The molecule has 0 radical (unpaired) electrons. The van der Waals surface area contributed by atoms with Crippen LogP contribution in [0.3, 0.4) is 0 Å². The monoisotopic (exact) mass is 416 g/mol. The number of thioether (sulfide) groups is 1. The number of nitrogens with one attached hydrogen (secondary N) is 1. The van der Waals surface area contributed by atoms with Gasteiger partial charge in [0.2, 0.25) is 5.91 Å². The number of aromatic nitrogens is 1. The summed E-state index contributed by atoms with van der Waals surface area (Å²) < 4.78 is 39.2. The van der Waals surface area contributed by atoms with Crippen molar-refractivity contribution in [1.29, 1.82) is 0 Å². The number of carbonyl (C=O) groups is 2. The molecule has 1 N–H and O–H groups in total. The lowest BCUT2D eigenvalue weighted by Gasteiger charge is -2.13. The van der Waals surface area contributed by atoms with Crippen molar-refractivity contribution < 1.29 is 19.8 Å². The van der Waals surface area contributed by atoms with Gasteiger partial charge in [0.25, 0.3) is 5.24 Å². The Hall–Kier alpha value is -2.34. The summed E-state index contributed by atoms with van der Waals surface area (Å²) in [4.78, 5) is 27.5. The largest absolute Gasteiger partial charge is 0.493 e. The first kappa shape index (κ1) is 16.5. The molecule has 1 aliphatic heterocycles. The Bertz CT molecular complexity index is 1080. The van der Waals surface area contributed by atoms with Crippen LogP contribution in [0.5, 0.6) is 5.75 Å². The van der Waals surface area contributed by atoms with Gasteiger partial charge >= 0.3 is 0 Å². The van der Waals surface area contributed by atoms with Crippen LogP contribution in [0.4, 0.5) is 4.79 Å². The molecule has 0 saturated carbocycles. The maximum absolute atomic E-state index is 11.8. The Balaban J connectivity index is 1.78. The van der Waals surface area contributed by atoms with Gasteiger partial charge in [0.15, 0.2) is 0 Å². The third-order valence-corrected chi connectivity index (χ3v) is 5.57. The molecule has 3 rings (SSSR count). The van der Waals surface area contributed by atoms with Crippen molar-refractivity contribution in [2.75, 3.05) is 6.56 Å². The topological polar surface area (TPSA) is 68.3 Å². The normalized spacial score (nSPS) is 19.4. The number of nitrogens with zero attached hydrogens (tertiary/aromatic N) is 1. The quantitative estimate of drug-likeness (QED) is 0.690. The molecule has 6 heteroatoms. The summed E-state index contributed by atoms with van der Waals surface area (Å²) in [7, 11) is 0. The number of pyridine rings is 1. The molecule has 1 fully saturated rings. The van der Waals surface area contributed by atoms with E-state index in [2.05, 4.69) is 24.1 Å². The number of hydrogen-bond donors (Lipinski definition) is 1. The van der Waals surface area contributed by atoms with Crippen molar-refractivity contribution in [2.24, 2.45) is 5.92 Å². The van der Waals surface area contributed by atoms with E-state index < -0.39 is 18.2 Å². The van der Waals surface area contributed by atoms with E-state index in [1.54, 1.807) is 38.1 Å². The average Bonchev–Trinajstić information content (AvgIpc) is 3.01. The maximum Gasteiger partial charge on any atom is 0.286 e. The van der Waals surface area contributed by atoms with Crippen LogP contribution in [-0.4, -0.2) is 27.9 Å². The smallest absolute Gasteiger partial charge is 0.286 e. The molecule has 2 amide bonds. The Morgan fingerprint density at radius 1 is 1.24 bits per heavy atom. The molecule has 0 bridgehead atoms. The molecule has 0 spiro atoms. The minimum absolute atomic E-state index is 0.0271. The second-order valence-electron chi connectivity index (χ2n) is 7.56. The number of amides is 2. The lowest BCUT2D eigenvalue weighted by molar-refractivity contribution is -0.118. The highest BCUT2D eigenvalue weighted by Crippen LogP contribution is 2.26. The van der Waals surface area contributed by atoms with Gasteiger partial charge in [0, 0.05) is 20.5 Å². The zero-order valence-corrected chi connectivity index (χ0v) is 17.9. The first-order chi connectivity index (χ1) is 15.3. The van der Waals surface area contributed by atoms with Gasteiger partial charge in [0.1, 0.15) is 5.75 Å². The highest BCUT2D eigenvalue weighted by atomic mass is 32.2. The van der Waals surface area contributed by atoms with Crippen LogP contribution in [0.2, 0.25) is 0 Å². The maximum atomic E-state index is 11.8. The highest BCUT2D eigenvalue weighted by molar-refractivity contribution is 8.15. The van der Waals surface area contributed by atoms with Crippen LogP contribution in [0, 0.1) is 19.8 Å². The van der Waals surface area contributed by atoms with Crippen molar-refractivity contribution in [3.8, 4) is 5.75 Å². The number of carbonyl (C=O) groups excluding carboxylic acids is 2. The predicted octanol–water partition coefficient (Wildman–Crippen LogP) is 4.41. The van der Waals surface area contributed by atoms with Gasteiger partial charge in [-0.2, -0.15) is 0 Å². The number of imide groups is 1. The molecule has 1 saturated heterocycles. The average molecular weight is 417 g/mol. The molecular formula is C23H28N2O3S. The van der Waals surface area contributed by atoms with Crippen LogP contribution in [0.15, 0.2) is 30.3 Å². The van der Waals surface area contributed by atoms with Gasteiger partial charge < -0.3 is 4.74 Å². The highest BCUT2D eigenvalue weighted by Gasteiger charge is 2.31. The summed E-state index contributed by atoms with van der Waals surface area (Å²) in [5.74, 6) is 0.297. The molecule has 1 aromatic carbocycles. The third-order valence-electron chi connectivity index (χ3n) is 4.59. The minimum Gasteiger partial charge on any atom is -0.493 e. The predicted molar refractivity (Wildman–Crippen MR) is 117 cm³/mol. The number of ether oxygens (including phenoxy) is 1. The van der Waals surface area contributed by atoms with Gasteiger partial charge in [0.05, 0.1) is 14.6 Å². The molecule has 2 aromatic rings. The van der Waals surface area contributed by atoms with Gasteiger partial charge in [-0.25, -0.2) is 0 Å². The Labute approximate surface area is 182 Å². The third kappa shape index (κ3) is 5.82. The lowest BCUT2D eigenvalue weighted by Crippen LogP contribution is -2.25. The first-order valence-electron chi connectivity index (χ1n) is 11.6. The molecule has 2 heterocycles. The van der Waals surface area contributed by atoms with E-state index in [0.717, 1.165) is 29.3 Å². The van der Waals surface area contributed by atoms with Gasteiger partial charge in [-0.05, 0) is 61.4 Å². The summed E-state index contributed by atoms with van der Waals surface area (Å²) in [6.07, 6.45) is -1.34. The summed E-state index contributed by atoms with van der Waals surface area (Å²) in [6.45, 7) is 5.01. The van der Waals surface area contributed by atoms with Crippen LogP contribution in [0.25, 0.3) is 0 Å². The van der Waals surface area contributed by atoms with Crippen molar-refractivity contribution in [2.45, 2.75) is 52.2 Å². The van der Waals surface area contributed by atoms with Crippen LogP contribution in [-0.2, 0) is 24.0 Å². The van der Waals surface area contributed by atoms with Gasteiger partial charge in [-0.15, -0.1) is 0 Å². The van der Waals surface area contributed by atoms with E-state index in [1.165, 1.54) is 6.07 Å². The number of benzene rings is 1. The summed E-state index contributed by atoms with van der Waals surface area (Å²) in [5, 5.41) is 1.39. The van der Waals surface area contributed by atoms with Gasteiger partial charge in [-0.3, -0.25) is 19.9 Å². The molecule has 29 heavy (non-hydrogen) atoms. The standard InChI is InChI=1S/C23H28N2O3S/c1-14(2)11-18-6-7-19(24-16(18)4)9-10-28-20-8-5-17(12-15(20)3)13-21-22(26)25-23(27)29-21/h5-8,12,14,21H,9-11,13H2,1-4H3,(H,25,26,27)/i9D2,10D2. The summed E-state index contributed by atoms with van der Waals surface area (Å²) in [5.41, 5.74) is 3.05. The second kappa shape index (κ2) is 9.44. The van der Waals surface area contributed by atoms with Crippen LogP contribution < -0.4 is 10.1 Å². The van der Waals surface area contributed by atoms with Crippen molar-refractivity contribution in [1.82, 2.24) is 10.3 Å². The number of hydrogen-bond acceptors (Lipinski definition) is 5. The molecule has 1 aromatic heterocycles. The Morgan fingerprint density at radius 2 is 2.03 bits per heavy atom. The molecule has 5 nitrogen and oxygen atoms in total. The number of rotatable bonds is 8. The zero-order valence-electron chi connectivity index (χ0n) is 21.0. The SMILES string of the molecule is [2H]C([2H])(Oc1ccc(CC2SC(=O)NC2=O)cc1C)C([2H])([2H])c1ccc(CC(C)C)c(C)n1. The summed E-state index contributed by atoms with van der Waals surface area (Å²) >= 11 is 0.947. The van der Waals surface area contributed by atoms with Gasteiger partial charge in [-0.1, -0.05) is 43.8 Å². The van der Waals surface area contributed by atoms with Crippen molar-refractivity contribution in [3.05, 3.63) is 58.4 Å². The van der Waals surface area contributed by atoms with Crippen LogP contribution in [0.1, 0.15) is 47.4 Å². The van der Waals surface area contributed by atoms with E-state index in [-0.39, 0.29) is 22.6 Å². The Kier molecular flexibility index (Phi) is 5.36. The van der Waals surface area contributed by atoms with Crippen molar-refractivity contribution in [3.63, 3.8) is 0 Å². The lowest BCUT2D eigenvalue weighted by atomic mass is 10.0. The van der Waals surface area contributed by atoms with Crippen molar-refractivity contribution >= 4 is 22.9 Å². The van der Waals surface area contributed by atoms with E-state index in [9.17, 15) is 9.59 Å². The molecule has 1 aliphatic rings. The zero-order chi connectivity index (χ0) is 24.6. The fourth-order valence-corrected chi connectivity index (χ4v) is 4.00. The minimum atomic E-state index is -2.69. The molecule has 1 atom stereocenters. The van der Waals surface area contributed by atoms with E-state index >= 15 is 0 Å². The van der Waals surface area contributed by atoms with E-state index in [0.29, 0.717) is 23.6 Å². The Morgan fingerprint density at radius 3 is 2.66 bits per heavy atom. The number of aryl methyl sites for hydroxylation is 3. The molecular weight excluding hydrogens is 384 g/mol. The second-order valence-corrected chi connectivity index (χ2v) is 8.73. The molecule has 154 valence electrons. The summed E-state index contributed by atoms with van der Waals surface area (Å²) in [6, 6.07) is 8.32. The molecule has 1 unspecified atom stereocenters. The van der Waals surface area contributed by atoms with E-state index in [4.69, 9.17) is 10.2 Å². The van der Waals surface area contributed by atoms with Crippen LogP contribution >= 0.6 is 11.8 Å². The first-order valence-corrected chi connectivity index (χ1v) is 10.4.